The standard InChI is InChI=1S/C19H17N3O4/c1-11-7-8-15(12(2)9-11)20-16(23)10-26-19(25)17-13-5-3-4-6-14(13)18(24)22-21-17/h3-9H,10H2,1-2H3,(H,20,23)(H,22,24). The summed E-state index contributed by atoms with van der Waals surface area (Å²) >= 11 is 0. The average molecular weight is 351 g/mol. The van der Waals surface area contributed by atoms with Crippen molar-refractivity contribution in [2.24, 2.45) is 0 Å². The second-order valence-corrected chi connectivity index (χ2v) is 5.89. The molecule has 2 N–H and O–H groups in total. The third-order valence-electron chi connectivity index (χ3n) is 3.88. The van der Waals surface area contributed by atoms with E-state index < -0.39 is 24.0 Å². The molecule has 0 aliphatic rings. The van der Waals surface area contributed by atoms with E-state index in [4.69, 9.17) is 4.74 Å². The van der Waals surface area contributed by atoms with E-state index in [1.165, 1.54) is 0 Å². The number of H-pyrrole nitrogens is 1. The Bertz CT molecular complexity index is 1060. The molecule has 26 heavy (non-hydrogen) atoms. The number of hydrogen-bond donors (Lipinski definition) is 2. The number of fused-ring (bicyclic) bond motifs is 1. The lowest BCUT2D eigenvalue weighted by Crippen LogP contribution is -2.23. The van der Waals surface area contributed by atoms with Crippen LogP contribution in [0.1, 0.15) is 21.6 Å². The summed E-state index contributed by atoms with van der Waals surface area (Å²) in [7, 11) is 0. The van der Waals surface area contributed by atoms with Gasteiger partial charge in [-0.1, -0.05) is 35.9 Å². The van der Waals surface area contributed by atoms with Gasteiger partial charge < -0.3 is 10.1 Å². The first-order valence-corrected chi connectivity index (χ1v) is 7.97. The molecule has 0 atom stereocenters. The van der Waals surface area contributed by atoms with E-state index in [-0.39, 0.29) is 5.69 Å². The minimum Gasteiger partial charge on any atom is -0.451 e. The van der Waals surface area contributed by atoms with Crippen molar-refractivity contribution < 1.29 is 14.3 Å². The van der Waals surface area contributed by atoms with Gasteiger partial charge in [0.25, 0.3) is 11.5 Å². The van der Waals surface area contributed by atoms with Crippen LogP contribution in [0.3, 0.4) is 0 Å². The summed E-state index contributed by atoms with van der Waals surface area (Å²) in [5, 5.41) is 9.40. The van der Waals surface area contributed by atoms with E-state index in [1.807, 2.05) is 26.0 Å². The lowest BCUT2D eigenvalue weighted by molar-refractivity contribution is -0.119. The molecule has 1 aromatic heterocycles. The Morgan fingerprint density at radius 1 is 1.12 bits per heavy atom. The minimum absolute atomic E-state index is 0.0421. The van der Waals surface area contributed by atoms with Crippen LogP contribution in [0.5, 0.6) is 0 Å². The smallest absolute Gasteiger partial charge is 0.359 e. The number of benzene rings is 2. The maximum atomic E-state index is 12.3. The fraction of sp³-hybridized carbons (Fsp3) is 0.158. The van der Waals surface area contributed by atoms with E-state index in [0.717, 1.165) is 11.1 Å². The molecule has 0 aliphatic heterocycles. The van der Waals surface area contributed by atoms with Crippen LogP contribution in [-0.2, 0) is 9.53 Å². The molecule has 7 nitrogen and oxygen atoms in total. The highest BCUT2D eigenvalue weighted by Crippen LogP contribution is 2.16. The number of aryl methyl sites for hydroxylation is 2. The van der Waals surface area contributed by atoms with E-state index in [1.54, 1.807) is 30.3 Å². The van der Waals surface area contributed by atoms with Crippen LogP contribution < -0.4 is 10.9 Å². The highest BCUT2D eigenvalue weighted by atomic mass is 16.5. The number of hydrogen-bond acceptors (Lipinski definition) is 5. The zero-order valence-electron chi connectivity index (χ0n) is 14.3. The van der Waals surface area contributed by atoms with Crippen molar-refractivity contribution in [2.45, 2.75) is 13.8 Å². The number of esters is 1. The SMILES string of the molecule is Cc1ccc(NC(=O)COC(=O)c2n[nH]c(=O)c3ccccc23)c(C)c1. The highest BCUT2D eigenvalue weighted by Gasteiger charge is 2.17. The second kappa shape index (κ2) is 7.18. The molecule has 132 valence electrons. The van der Waals surface area contributed by atoms with Gasteiger partial charge in [0.1, 0.15) is 0 Å². The van der Waals surface area contributed by atoms with Crippen LogP contribution >= 0.6 is 0 Å². The molecular formula is C19H17N3O4. The largest absolute Gasteiger partial charge is 0.451 e. The number of carbonyl (C=O) groups excluding carboxylic acids is 2. The molecule has 0 saturated heterocycles. The summed E-state index contributed by atoms with van der Waals surface area (Å²) in [6.07, 6.45) is 0. The maximum absolute atomic E-state index is 12.3. The topological polar surface area (TPSA) is 101 Å². The first kappa shape index (κ1) is 17.3. The summed E-state index contributed by atoms with van der Waals surface area (Å²) in [4.78, 5) is 36.0. The number of anilines is 1. The molecule has 7 heteroatoms. The summed E-state index contributed by atoms with van der Waals surface area (Å²) in [5.41, 5.74) is 2.22. The Morgan fingerprint density at radius 2 is 1.85 bits per heavy atom. The van der Waals surface area contributed by atoms with Gasteiger partial charge >= 0.3 is 5.97 Å². The molecule has 3 aromatic rings. The molecule has 0 aliphatic carbocycles. The molecule has 3 rings (SSSR count). The van der Waals surface area contributed by atoms with Gasteiger partial charge in [-0.25, -0.2) is 9.89 Å². The average Bonchev–Trinajstić information content (AvgIpc) is 2.63. The zero-order chi connectivity index (χ0) is 18.7. The lowest BCUT2D eigenvalue weighted by atomic mass is 10.1. The van der Waals surface area contributed by atoms with Gasteiger partial charge in [-0.3, -0.25) is 9.59 Å². The number of nitrogens with one attached hydrogen (secondary N) is 2. The minimum atomic E-state index is -0.784. The first-order chi connectivity index (χ1) is 12.5. The van der Waals surface area contributed by atoms with Crippen molar-refractivity contribution in [3.8, 4) is 0 Å². The van der Waals surface area contributed by atoms with Crippen LogP contribution in [0.2, 0.25) is 0 Å². The third-order valence-corrected chi connectivity index (χ3v) is 3.88. The van der Waals surface area contributed by atoms with Gasteiger partial charge in [-0.2, -0.15) is 5.10 Å². The van der Waals surface area contributed by atoms with Gasteiger partial charge in [-0.05, 0) is 31.5 Å². The molecule has 0 bridgehead atoms. The number of carbonyl (C=O) groups is 2. The van der Waals surface area contributed by atoms with Crippen LogP contribution in [-0.4, -0.2) is 28.7 Å². The molecular weight excluding hydrogens is 334 g/mol. The van der Waals surface area contributed by atoms with Crippen molar-refractivity contribution in [3.05, 3.63) is 69.6 Å². The van der Waals surface area contributed by atoms with Crippen molar-refractivity contribution in [3.63, 3.8) is 0 Å². The Kier molecular flexibility index (Phi) is 4.79. The maximum Gasteiger partial charge on any atom is 0.359 e. The summed E-state index contributed by atoms with van der Waals surface area (Å²) in [6.45, 7) is 3.38. The number of nitrogens with zero attached hydrogens (tertiary/aromatic N) is 1. The van der Waals surface area contributed by atoms with Gasteiger partial charge in [0.2, 0.25) is 0 Å². The third kappa shape index (κ3) is 3.61. The quantitative estimate of drug-likeness (QED) is 0.703. The molecule has 0 spiro atoms. The lowest BCUT2D eigenvalue weighted by Gasteiger charge is -2.10. The van der Waals surface area contributed by atoms with Gasteiger partial charge in [0.15, 0.2) is 12.3 Å². The monoisotopic (exact) mass is 351 g/mol. The van der Waals surface area contributed by atoms with Crippen LogP contribution in [0.15, 0.2) is 47.3 Å². The van der Waals surface area contributed by atoms with Crippen LogP contribution in [0, 0.1) is 13.8 Å². The normalized spacial score (nSPS) is 10.5. The summed E-state index contributed by atoms with van der Waals surface area (Å²) in [5.74, 6) is -1.24. The number of amides is 1. The van der Waals surface area contributed by atoms with Crippen molar-refractivity contribution >= 4 is 28.3 Å². The Morgan fingerprint density at radius 3 is 2.58 bits per heavy atom. The van der Waals surface area contributed by atoms with Crippen molar-refractivity contribution in [1.29, 1.82) is 0 Å². The second-order valence-electron chi connectivity index (χ2n) is 5.89. The summed E-state index contributed by atoms with van der Waals surface area (Å²) < 4.78 is 5.04. The fourth-order valence-electron chi connectivity index (χ4n) is 2.61. The molecule has 0 unspecified atom stereocenters. The van der Waals surface area contributed by atoms with Gasteiger partial charge in [0, 0.05) is 11.1 Å². The molecule has 1 heterocycles. The Labute approximate surface area is 149 Å². The molecule has 1 amide bonds. The zero-order valence-corrected chi connectivity index (χ0v) is 14.3. The summed E-state index contributed by atoms with van der Waals surface area (Å²) in [6, 6.07) is 12.2. The molecule has 2 aromatic carbocycles. The van der Waals surface area contributed by atoms with E-state index >= 15 is 0 Å². The number of aromatic nitrogens is 2. The fourth-order valence-corrected chi connectivity index (χ4v) is 2.61. The van der Waals surface area contributed by atoms with Crippen molar-refractivity contribution in [2.75, 3.05) is 11.9 Å². The Balaban J connectivity index is 1.70. The highest BCUT2D eigenvalue weighted by molar-refractivity contribution is 6.03. The van der Waals surface area contributed by atoms with Crippen LogP contribution in [0.25, 0.3) is 10.8 Å². The molecule has 0 fully saturated rings. The van der Waals surface area contributed by atoms with Gasteiger partial charge in [0.05, 0.1) is 5.39 Å². The van der Waals surface area contributed by atoms with E-state index in [2.05, 4.69) is 15.5 Å². The van der Waals surface area contributed by atoms with E-state index in [0.29, 0.717) is 16.5 Å². The van der Waals surface area contributed by atoms with E-state index in [9.17, 15) is 14.4 Å². The number of aromatic amines is 1. The van der Waals surface area contributed by atoms with Crippen LogP contribution in [0.4, 0.5) is 5.69 Å². The van der Waals surface area contributed by atoms with Crippen molar-refractivity contribution in [1.82, 2.24) is 10.2 Å². The van der Waals surface area contributed by atoms with Gasteiger partial charge in [-0.15, -0.1) is 0 Å². The first-order valence-electron chi connectivity index (χ1n) is 7.97. The predicted molar refractivity (Wildman–Crippen MR) is 97.2 cm³/mol. The predicted octanol–water partition coefficient (Wildman–Crippen LogP) is 2.34. The Hall–Kier alpha value is -3.48. The molecule has 0 radical (unpaired) electrons. The number of ether oxygens (including phenoxy) is 1. The number of rotatable bonds is 4. The molecule has 0 saturated carbocycles.